The van der Waals surface area contributed by atoms with Crippen LogP contribution in [0.3, 0.4) is 0 Å². The van der Waals surface area contributed by atoms with E-state index < -0.39 is 0 Å². The van der Waals surface area contributed by atoms with Crippen molar-refractivity contribution in [2.24, 2.45) is 5.10 Å². The van der Waals surface area contributed by atoms with Crippen LogP contribution < -0.4 is 15.0 Å². The third-order valence-electron chi connectivity index (χ3n) is 4.44. The fourth-order valence-corrected chi connectivity index (χ4v) is 3.35. The third kappa shape index (κ3) is 3.81. The molecular formula is C22H17BrN4O3. The molecule has 0 amide bonds. The second kappa shape index (κ2) is 8.46. The predicted molar refractivity (Wildman–Crippen MR) is 119 cm³/mol. The summed E-state index contributed by atoms with van der Waals surface area (Å²) in [5, 5.41) is 4.85. The summed E-state index contributed by atoms with van der Waals surface area (Å²) in [7, 11) is 3.12. The molecule has 2 heterocycles. The van der Waals surface area contributed by atoms with Crippen molar-refractivity contribution >= 4 is 33.0 Å². The number of halogens is 1. The van der Waals surface area contributed by atoms with Gasteiger partial charge in [-0.25, -0.2) is 4.98 Å². The number of hydrogen-bond donors (Lipinski definition) is 0. The molecule has 0 aliphatic carbocycles. The Morgan fingerprint density at radius 3 is 2.60 bits per heavy atom. The first kappa shape index (κ1) is 19.8. The molecule has 8 heteroatoms. The van der Waals surface area contributed by atoms with E-state index in [2.05, 4.69) is 26.0 Å². The van der Waals surface area contributed by atoms with E-state index in [0.29, 0.717) is 39.5 Å². The van der Waals surface area contributed by atoms with E-state index in [0.717, 1.165) is 4.47 Å². The van der Waals surface area contributed by atoms with Crippen molar-refractivity contribution in [3.8, 4) is 22.9 Å². The Balaban J connectivity index is 1.97. The van der Waals surface area contributed by atoms with Gasteiger partial charge < -0.3 is 9.47 Å². The Morgan fingerprint density at radius 2 is 1.87 bits per heavy atom. The van der Waals surface area contributed by atoms with Gasteiger partial charge in [0.15, 0.2) is 17.3 Å². The maximum absolute atomic E-state index is 13.3. The molecule has 4 rings (SSSR count). The van der Waals surface area contributed by atoms with E-state index in [4.69, 9.17) is 14.5 Å². The van der Waals surface area contributed by atoms with Crippen LogP contribution in [0.25, 0.3) is 22.3 Å². The van der Waals surface area contributed by atoms with Gasteiger partial charge in [-0.2, -0.15) is 9.78 Å². The molecule has 0 radical (unpaired) electrons. The van der Waals surface area contributed by atoms with Gasteiger partial charge in [0.05, 0.1) is 37.0 Å². The minimum absolute atomic E-state index is 0.293. The summed E-state index contributed by atoms with van der Waals surface area (Å²) in [5.41, 5.74) is 1.56. The quantitative estimate of drug-likeness (QED) is 0.415. The summed E-state index contributed by atoms with van der Waals surface area (Å²) in [4.78, 5) is 22.2. The van der Waals surface area contributed by atoms with Crippen LogP contribution in [-0.4, -0.2) is 35.1 Å². The third-order valence-corrected chi connectivity index (χ3v) is 4.94. The molecule has 30 heavy (non-hydrogen) atoms. The highest BCUT2D eigenvalue weighted by Crippen LogP contribution is 2.32. The van der Waals surface area contributed by atoms with Crippen molar-refractivity contribution in [3.63, 3.8) is 0 Å². The highest BCUT2D eigenvalue weighted by atomic mass is 79.9. The van der Waals surface area contributed by atoms with Crippen molar-refractivity contribution in [2.45, 2.75) is 0 Å². The molecule has 0 bridgehead atoms. The summed E-state index contributed by atoms with van der Waals surface area (Å²) in [6, 6.07) is 16.2. The predicted octanol–water partition coefficient (Wildman–Crippen LogP) is 4.12. The first-order valence-corrected chi connectivity index (χ1v) is 9.80. The van der Waals surface area contributed by atoms with Crippen LogP contribution in [0.5, 0.6) is 11.5 Å². The molecule has 150 valence electrons. The van der Waals surface area contributed by atoms with Crippen molar-refractivity contribution in [1.82, 2.24) is 14.6 Å². The molecule has 0 saturated carbocycles. The molecule has 0 atom stereocenters. The van der Waals surface area contributed by atoms with Gasteiger partial charge in [0.1, 0.15) is 0 Å². The Kier molecular flexibility index (Phi) is 5.58. The van der Waals surface area contributed by atoms with E-state index in [1.54, 1.807) is 56.8 Å². The van der Waals surface area contributed by atoms with Crippen LogP contribution in [0.4, 0.5) is 0 Å². The number of benzene rings is 2. The smallest absolute Gasteiger partial charge is 0.282 e. The van der Waals surface area contributed by atoms with Crippen LogP contribution in [-0.2, 0) is 0 Å². The lowest BCUT2D eigenvalue weighted by molar-refractivity contribution is 0.355. The van der Waals surface area contributed by atoms with Gasteiger partial charge in [-0.3, -0.25) is 9.78 Å². The van der Waals surface area contributed by atoms with Crippen LogP contribution >= 0.6 is 15.9 Å². The minimum Gasteiger partial charge on any atom is -0.493 e. The van der Waals surface area contributed by atoms with Gasteiger partial charge in [0, 0.05) is 16.2 Å². The number of nitrogens with zero attached hydrogens (tertiary/aromatic N) is 4. The zero-order valence-corrected chi connectivity index (χ0v) is 17.8. The van der Waals surface area contributed by atoms with Gasteiger partial charge >= 0.3 is 0 Å². The van der Waals surface area contributed by atoms with Crippen molar-refractivity contribution in [1.29, 1.82) is 0 Å². The SMILES string of the molecule is COc1ccc(-c2nc3ccc(Br)cc3c(=O)n2N=Cc2ccccn2)cc1OC. The van der Waals surface area contributed by atoms with E-state index in [9.17, 15) is 4.79 Å². The summed E-state index contributed by atoms with van der Waals surface area (Å²) >= 11 is 3.41. The zero-order valence-electron chi connectivity index (χ0n) is 16.2. The molecule has 7 nitrogen and oxygen atoms in total. The first-order chi connectivity index (χ1) is 14.6. The highest BCUT2D eigenvalue weighted by molar-refractivity contribution is 9.10. The number of hydrogen-bond acceptors (Lipinski definition) is 6. The Bertz CT molecular complexity index is 1300. The normalized spacial score (nSPS) is 11.2. The topological polar surface area (TPSA) is 78.6 Å². The van der Waals surface area contributed by atoms with Crippen LogP contribution in [0.15, 0.2) is 75.2 Å². The van der Waals surface area contributed by atoms with E-state index in [1.807, 2.05) is 18.2 Å². The molecule has 0 aliphatic rings. The van der Waals surface area contributed by atoms with E-state index in [-0.39, 0.29) is 5.56 Å². The maximum Gasteiger partial charge on any atom is 0.282 e. The first-order valence-electron chi connectivity index (χ1n) is 9.01. The molecule has 0 unspecified atom stereocenters. The molecule has 0 fully saturated rings. The van der Waals surface area contributed by atoms with Crippen molar-refractivity contribution < 1.29 is 9.47 Å². The average Bonchev–Trinajstić information content (AvgIpc) is 2.79. The van der Waals surface area contributed by atoms with Crippen molar-refractivity contribution in [2.75, 3.05) is 14.2 Å². The highest BCUT2D eigenvalue weighted by Gasteiger charge is 2.15. The van der Waals surface area contributed by atoms with Crippen LogP contribution in [0.2, 0.25) is 0 Å². The summed E-state index contributed by atoms with van der Waals surface area (Å²) in [6.45, 7) is 0. The second-order valence-corrected chi connectivity index (χ2v) is 7.20. The lowest BCUT2D eigenvalue weighted by atomic mass is 10.1. The lowest BCUT2D eigenvalue weighted by Gasteiger charge is -2.12. The average molecular weight is 465 g/mol. The fourth-order valence-electron chi connectivity index (χ4n) is 2.99. The molecule has 2 aromatic heterocycles. The van der Waals surface area contributed by atoms with E-state index in [1.165, 1.54) is 10.9 Å². The number of aromatic nitrogens is 3. The standard InChI is InChI=1S/C22H17BrN4O3/c1-29-19-9-6-14(11-20(19)30-2)21-26-18-8-7-15(23)12-17(18)22(28)27(21)25-13-16-5-3-4-10-24-16/h3-13H,1-2H3. The molecule has 4 aromatic rings. The van der Waals surface area contributed by atoms with E-state index >= 15 is 0 Å². The molecule has 0 N–H and O–H groups in total. The maximum atomic E-state index is 13.3. The lowest BCUT2D eigenvalue weighted by Crippen LogP contribution is -2.20. The van der Waals surface area contributed by atoms with Gasteiger partial charge in [0.2, 0.25) is 0 Å². The summed E-state index contributed by atoms with van der Waals surface area (Å²) in [6.07, 6.45) is 3.19. The second-order valence-electron chi connectivity index (χ2n) is 6.28. The number of methoxy groups -OCH3 is 2. The molecule has 2 aromatic carbocycles. The Morgan fingerprint density at radius 1 is 1.03 bits per heavy atom. The van der Waals surface area contributed by atoms with Gasteiger partial charge in [-0.1, -0.05) is 22.0 Å². The number of fused-ring (bicyclic) bond motifs is 1. The minimum atomic E-state index is -0.293. The van der Waals surface area contributed by atoms with Gasteiger partial charge in [-0.05, 0) is 48.5 Å². The zero-order chi connectivity index (χ0) is 21.1. The molecule has 0 saturated heterocycles. The largest absolute Gasteiger partial charge is 0.493 e. The number of rotatable bonds is 5. The summed E-state index contributed by atoms with van der Waals surface area (Å²) < 4.78 is 12.8. The summed E-state index contributed by atoms with van der Waals surface area (Å²) in [5.74, 6) is 1.49. The Labute approximate surface area is 180 Å². The molecule has 0 aliphatic heterocycles. The van der Waals surface area contributed by atoms with Gasteiger partial charge in [0.25, 0.3) is 5.56 Å². The number of pyridine rings is 1. The monoisotopic (exact) mass is 464 g/mol. The van der Waals surface area contributed by atoms with Crippen LogP contribution in [0, 0.1) is 0 Å². The molecular weight excluding hydrogens is 448 g/mol. The molecule has 0 spiro atoms. The Hall–Kier alpha value is -3.52. The number of ether oxygens (including phenoxy) is 2. The van der Waals surface area contributed by atoms with Crippen LogP contribution in [0.1, 0.15) is 5.69 Å². The van der Waals surface area contributed by atoms with Crippen molar-refractivity contribution in [3.05, 3.63) is 81.3 Å². The van der Waals surface area contributed by atoms with Gasteiger partial charge in [-0.15, -0.1) is 0 Å². The fraction of sp³-hybridized carbons (Fsp3) is 0.0909.